The molecule has 1 aromatic carbocycles. The highest BCUT2D eigenvalue weighted by molar-refractivity contribution is 7.14. The van der Waals surface area contributed by atoms with Crippen LogP contribution in [-0.4, -0.2) is 23.9 Å². The fourth-order valence-corrected chi connectivity index (χ4v) is 4.28. The molecule has 29 heavy (non-hydrogen) atoms. The van der Waals surface area contributed by atoms with Crippen molar-refractivity contribution in [1.29, 1.82) is 0 Å². The molecule has 0 saturated carbocycles. The summed E-state index contributed by atoms with van der Waals surface area (Å²) >= 11 is 2.87. The molecule has 3 rings (SSSR count). The lowest BCUT2D eigenvalue weighted by Gasteiger charge is -2.17. The number of anilines is 1. The van der Waals surface area contributed by atoms with E-state index in [1.54, 1.807) is 23.8 Å². The van der Waals surface area contributed by atoms with Gasteiger partial charge in [0.25, 0.3) is 0 Å². The van der Waals surface area contributed by atoms with E-state index in [0.29, 0.717) is 17.2 Å². The van der Waals surface area contributed by atoms with Crippen LogP contribution in [0.5, 0.6) is 5.75 Å². The number of methoxy groups -OCH3 is 1. The van der Waals surface area contributed by atoms with Crippen molar-refractivity contribution >= 4 is 39.6 Å². The van der Waals surface area contributed by atoms with Gasteiger partial charge in [0.1, 0.15) is 5.75 Å². The molecule has 6 nitrogen and oxygen atoms in total. The van der Waals surface area contributed by atoms with Crippen LogP contribution in [0.1, 0.15) is 35.5 Å². The molecule has 3 aromatic rings. The maximum absolute atomic E-state index is 12.5. The molecule has 2 heterocycles. The van der Waals surface area contributed by atoms with Crippen molar-refractivity contribution in [3.05, 3.63) is 63.3 Å². The summed E-state index contributed by atoms with van der Waals surface area (Å²) in [5, 5.41) is 10.1. The zero-order chi connectivity index (χ0) is 20.6. The monoisotopic (exact) mass is 429 g/mol. The largest absolute Gasteiger partial charge is 0.497 e. The molecule has 0 saturated heterocycles. The van der Waals surface area contributed by atoms with Gasteiger partial charge < -0.3 is 15.4 Å². The Morgan fingerprint density at radius 1 is 1.10 bits per heavy atom. The minimum atomic E-state index is -0.108. The van der Waals surface area contributed by atoms with Crippen LogP contribution in [0.25, 0.3) is 0 Å². The molecule has 0 spiro atoms. The van der Waals surface area contributed by atoms with E-state index in [-0.39, 0.29) is 24.3 Å². The third-order valence-corrected chi connectivity index (χ3v) is 6.00. The molecular formula is C21H23N3O3S2. The number of rotatable bonds is 9. The Balaban J connectivity index is 1.52. The van der Waals surface area contributed by atoms with Gasteiger partial charge in [-0.15, -0.1) is 22.7 Å². The molecule has 0 aliphatic carbocycles. The van der Waals surface area contributed by atoms with Gasteiger partial charge in [0, 0.05) is 10.3 Å². The van der Waals surface area contributed by atoms with Crippen molar-refractivity contribution in [1.82, 2.24) is 10.3 Å². The highest BCUT2D eigenvalue weighted by Crippen LogP contribution is 2.21. The van der Waals surface area contributed by atoms with Crippen LogP contribution in [0.15, 0.2) is 47.2 Å². The third-order valence-electron chi connectivity index (χ3n) is 4.32. The van der Waals surface area contributed by atoms with Crippen LogP contribution in [0.4, 0.5) is 5.13 Å². The van der Waals surface area contributed by atoms with Crippen molar-refractivity contribution in [2.45, 2.75) is 32.2 Å². The summed E-state index contributed by atoms with van der Waals surface area (Å²) in [6.07, 6.45) is 1.27. The van der Waals surface area contributed by atoms with Crippen molar-refractivity contribution in [3.63, 3.8) is 0 Å². The van der Waals surface area contributed by atoms with E-state index < -0.39 is 0 Å². The molecule has 2 amide bonds. The van der Waals surface area contributed by atoms with Crippen LogP contribution in [-0.2, 0) is 22.4 Å². The Morgan fingerprint density at radius 3 is 2.55 bits per heavy atom. The third kappa shape index (κ3) is 6.13. The molecule has 152 valence electrons. The second-order valence-corrected chi connectivity index (χ2v) is 8.32. The lowest BCUT2D eigenvalue weighted by molar-refractivity contribution is -0.121. The van der Waals surface area contributed by atoms with Crippen LogP contribution >= 0.6 is 22.7 Å². The smallest absolute Gasteiger partial charge is 0.231 e. The van der Waals surface area contributed by atoms with E-state index in [9.17, 15) is 9.59 Å². The normalized spacial score (nSPS) is 11.7. The van der Waals surface area contributed by atoms with E-state index in [1.807, 2.05) is 48.7 Å². The first-order valence-electron chi connectivity index (χ1n) is 9.27. The van der Waals surface area contributed by atoms with Gasteiger partial charge in [0.15, 0.2) is 5.13 Å². The molecular weight excluding hydrogens is 406 g/mol. The summed E-state index contributed by atoms with van der Waals surface area (Å²) < 4.78 is 5.18. The maximum atomic E-state index is 12.5. The quantitative estimate of drug-likeness (QED) is 0.534. The number of aromatic nitrogens is 1. The zero-order valence-electron chi connectivity index (χ0n) is 16.3. The Morgan fingerprint density at radius 2 is 1.90 bits per heavy atom. The van der Waals surface area contributed by atoms with Gasteiger partial charge in [0.2, 0.25) is 11.8 Å². The molecule has 8 heteroatoms. The number of ether oxygens (including phenoxy) is 1. The van der Waals surface area contributed by atoms with Gasteiger partial charge in [-0.1, -0.05) is 25.1 Å². The van der Waals surface area contributed by atoms with Crippen LogP contribution in [0.2, 0.25) is 0 Å². The van der Waals surface area contributed by atoms with E-state index >= 15 is 0 Å². The van der Waals surface area contributed by atoms with E-state index in [4.69, 9.17) is 4.74 Å². The van der Waals surface area contributed by atoms with Crippen molar-refractivity contribution < 1.29 is 14.3 Å². The first-order valence-corrected chi connectivity index (χ1v) is 11.0. The fraction of sp³-hybridized carbons (Fsp3) is 0.286. The minimum Gasteiger partial charge on any atom is -0.497 e. The van der Waals surface area contributed by atoms with Gasteiger partial charge in [-0.3, -0.25) is 9.59 Å². The SMILES string of the molecule is CCC(NC(=O)Cc1csc(NC(=O)Cc2cccs2)n1)c1ccc(OC)cc1. The Kier molecular flexibility index (Phi) is 7.37. The zero-order valence-corrected chi connectivity index (χ0v) is 17.9. The molecule has 0 fully saturated rings. The first kappa shape index (κ1) is 21.0. The number of carbonyl (C=O) groups excluding carboxylic acids is 2. The molecule has 0 bridgehead atoms. The molecule has 2 aromatic heterocycles. The molecule has 0 aliphatic rings. The number of nitrogens with one attached hydrogen (secondary N) is 2. The second-order valence-electron chi connectivity index (χ2n) is 6.43. The lowest BCUT2D eigenvalue weighted by atomic mass is 10.0. The van der Waals surface area contributed by atoms with Gasteiger partial charge in [-0.05, 0) is 35.6 Å². The number of thiazole rings is 1. The van der Waals surface area contributed by atoms with Crippen LogP contribution in [0.3, 0.4) is 0 Å². The van der Waals surface area contributed by atoms with Gasteiger partial charge in [-0.25, -0.2) is 4.98 Å². The van der Waals surface area contributed by atoms with E-state index in [1.165, 1.54) is 11.3 Å². The van der Waals surface area contributed by atoms with E-state index in [2.05, 4.69) is 15.6 Å². The molecule has 2 N–H and O–H groups in total. The van der Waals surface area contributed by atoms with Crippen LogP contribution in [0, 0.1) is 0 Å². The molecule has 0 radical (unpaired) electrons. The summed E-state index contributed by atoms with van der Waals surface area (Å²) in [4.78, 5) is 29.9. The van der Waals surface area contributed by atoms with E-state index in [0.717, 1.165) is 22.6 Å². The molecule has 1 unspecified atom stereocenters. The lowest BCUT2D eigenvalue weighted by Crippen LogP contribution is -2.29. The number of hydrogen-bond acceptors (Lipinski definition) is 6. The first-order chi connectivity index (χ1) is 14.1. The summed E-state index contributed by atoms with van der Waals surface area (Å²) in [6, 6.07) is 11.5. The number of thiophene rings is 1. The van der Waals surface area contributed by atoms with Crippen molar-refractivity contribution in [2.75, 3.05) is 12.4 Å². The number of amides is 2. The predicted octanol–water partition coefficient (Wildman–Crippen LogP) is 4.20. The Hall–Kier alpha value is -2.71. The summed E-state index contributed by atoms with van der Waals surface area (Å²) in [5.41, 5.74) is 1.67. The average molecular weight is 430 g/mol. The number of nitrogens with zero attached hydrogens (tertiary/aromatic N) is 1. The topological polar surface area (TPSA) is 80.3 Å². The van der Waals surface area contributed by atoms with Crippen LogP contribution < -0.4 is 15.4 Å². The second kappa shape index (κ2) is 10.2. The van der Waals surface area contributed by atoms with Gasteiger partial charge in [-0.2, -0.15) is 0 Å². The minimum absolute atomic E-state index is 0.0722. The Labute approximate surface area is 178 Å². The number of hydrogen-bond donors (Lipinski definition) is 2. The Bertz CT molecular complexity index is 937. The maximum Gasteiger partial charge on any atom is 0.231 e. The summed E-state index contributed by atoms with van der Waals surface area (Å²) in [6.45, 7) is 2.03. The highest BCUT2D eigenvalue weighted by Gasteiger charge is 2.15. The van der Waals surface area contributed by atoms with Gasteiger partial charge in [0.05, 0.1) is 31.7 Å². The predicted molar refractivity (Wildman–Crippen MR) is 117 cm³/mol. The van der Waals surface area contributed by atoms with Gasteiger partial charge >= 0.3 is 0 Å². The molecule has 0 aliphatic heterocycles. The average Bonchev–Trinajstić information content (AvgIpc) is 3.38. The molecule has 1 atom stereocenters. The van der Waals surface area contributed by atoms with Crippen molar-refractivity contribution in [2.24, 2.45) is 0 Å². The highest BCUT2D eigenvalue weighted by atomic mass is 32.1. The summed E-state index contributed by atoms with van der Waals surface area (Å²) in [5.74, 6) is 0.573. The fourth-order valence-electron chi connectivity index (χ4n) is 2.85. The standard InChI is InChI=1S/C21H23N3O3S2/c1-3-18(14-6-8-16(27-2)9-7-14)23-19(25)11-15-13-29-21(22-15)24-20(26)12-17-5-4-10-28-17/h4-10,13,18H,3,11-12H2,1-2H3,(H,23,25)(H,22,24,26). The summed E-state index contributed by atoms with van der Waals surface area (Å²) in [7, 11) is 1.63. The van der Waals surface area contributed by atoms with Crippen molar-refractivity contribution in [3.8, 4) is 5.75 Å². The number of benzene rings is 1. The number of carbonyl (C=O) groups is 2.